The molecule has 1 aliphatic rings. The molecule has 0 bridgehead atoms. The van der Waals surface area contributed by atoms with E-state index in [4.69, 9.17) is 14.7 Å². The molecule has 1 heterocycles. The number of nitrogens with zero attached hydrogens (tertiary/aromatic N) is 2. The Morgan fingerprint density at radius 2 is 2.13 bits per heavy atom. The summed E-state index contributed by atoms with van der Waals surface area (Å²) in [5.74, 6) is 0.800. The molecule has 0 saturated heterocycles. The molecule has 0 N–H and O–H groups in total. The highest BCUT2D eigenvalue weighted by Crippen LogP contribution is 2.37. The minimum atomic E-state index is -0.533. The topological polar surface area (TPSA) is 85.4 Å². The zero-order valence-corrected chi connectivity index (χ0v) is 7.60. The first-order chi connectivity index (χ1) is 7.22. The molecule has 6 nitrogen and oxygen atoms in total. The maximum Gasteiger partial charge on any atom is 0.277 e. The van der Waals surface area contributed by atoms with E-state index in [0.29, 0.717) is 17.1 Å². The molecule has 0 amide bonds. The van der Waals surface area contributed by atoms with E-state index < -0.39 is 4.92 Å². The van der Waals surface area contributed by atoms with Crippen LogP contribution in [0.1, 0.15) is 5.56 Å². The molecule has 0 atom stereocenters. The van der Waals surface area contributed by atoms with Gasteiger partial charge in [-0.3, -0.25) is 10.1 Å². The van der Waals surface area contributed by atoms with E-state index in [1.807, 2.05) is 6.07 Å². The van der Waals surface area contributed by atoms with Gasteiger partial charge in [-0.2, -0.15) is 5.26 Å². The predicted molar refractivity (Wildman–Crippen MR) is 48.5 cm³/mol. The number of hydrogen-bond donors (Lipinski definition) is 0. The molecule has 0 fully saturated rings. The highest BCUT2D eigenvalue weighted by Gasteiger charge is 2.22. The molecule has 0 radical (unpaired) electrons. The number of benzene rings is 1. The SMILES string of the molecule is N#CCc1cc2c(cc1[N+](=O)[O-])OCO2. The van der Waals surface area contributed by atoms with Crippen LogP contribution in [0.3, 0.4) is 0 Å². The average Bonchev–Trinajstić information content (AvgIpc) is 2.63. The molecular weight excluding hydrogens is 200 g/mol. The quantitative estimate of drug-likeness (QED) is 0.539. The Bertz CT molecular complexity index is 464. The molecule has 15 heavy (non-hydrogen) atoms. The van der Waals surface area contributed by atoms with Gasteiger partial charge in [-0.15, -0.1) is 0 Å². The first kappa shape index (κ1) is 9.27. The maximum absolute atomic E-state index is 10.7. The number of rotatable bonds is 2. The fraction of sp³-hybridized carbons (Fsp3) is 0.222. The van der Waals surface area contributed by atoms with Crippen LogP contribution in [0.15, 0.2) is 12.1 Å². The third kappa shape index (κ3) is 1.55. The van der Waals surface area contributed by atoms with Gasteiger partial charge in [0.1, 0.15) is 0 Å². The standard InChI is InChI=1S/C9H6N2O4/c10-2-1-6-3-8-9(15-5-14-8)4-7(6)11(12)13/h3-4H,1,5H2. The van der Waals surface area contributed by atoms with Gasteiger partial charge in [-0.1, -0.05) is 0 Å². The molecule has 0 saturated carbocycles. The van der Waals surface area contributed by atoms with Crippen molar-refractivity contribution >= 4 is 5.69 Å². The number of nitro groups is 1. The van der Waals surface area contributed by atoms with Gasteiger partial charge in [0.2, 0.25) is 6.79 Å². The van der Waals surface area contributed by atoms with Crippen molar-refractivity contribution in [1.82, 2.24) is 0 Å². The van der Waals surface area contributed by atoms with Gasteiger partial charge in [0.15, 0.2) is 11.5 Å². The summed E-state index contributed by atoms with van der Waals surface area (Å²) in [5, 5.41) is 19.2. The Morgan fingerprint density at radius 3 is 2.73 bits per heavy atom. The zero-order valence-electron chi connectivity index (χ0n) is 7.60. The van der Waals surface area contributed by atoms with Crippen molar-refractivity contribution in [1.29, 1.82) is 5.26 Å². The second-order valence-corrected chi connectivity index (χ2v) is 2.93. The van der Waals surface area contributed by atoms with Crippen LogP contribution < -0.4 is 9.47 Å². The van der Waals surface area contributed by atoms with E-state index in [1.165, 1.54) is 12.1 Å². The number of nitriles is 1. The lowest BCUT2D eigenvalue weighted by molar-refractivity contribution is -0.385. The largest absolute Gasteiger partial charge is 0.454 e. The Balaban J connectivity index is 2.53. The molecule has 6 heteroatoms. The summed E-state index contributed by atoms with van der Waals surface area (Å²) in [4.78, 5) is 10.2. The van der Waals surface area contributed by atoms with Crippen LogP contribution in [0.2, 0.25) is 0 Å². The number of hydrogen-bond acceptors (Lipinski definition) is 5. The predicted octanol–water partition coefficient (Wildman–Crippen LogP) is 1.39. The minimum Gasteiger partial charge on any atom is -0.454 e. The summed E-state index contributed by atoms with van der Waals surface area (Å²) in [6, 6.07) is 4.63. The second kappa shape index (κ2) is 3.46. The summed E-state index contributed by atoms with van der Waals surface area (Å²) >= 11 is 0. The lowest BCUT2D eigenvalue weighted by Gasteiger charge is -2.00. The summed E-state index contributed by atoms with van der Waals surface area (Å²) in [7, 11) is 0. The van der Waals surface area contributed by atoms with Crippen LogP contribution >= 0.6 is 0 Å². The molecular formula is C9H6N2O4. The van der Waals surface area contributed by atoms with Gasteiger partial charge in [0.05, 0.1) is 23.5 Å². The van der Waals surface area contributed by atoms with E-state index in [1.54, 1.807) is 0 Å². The molecule has 0 spiro atoms. The van der Waals surface area contributed by atoms with Crippen LogP contribution in [0, 0.1) is 21.4 Å². The summed E-state index contributed by atoms with van der Waals surface area (Å²) in [6.45, 7) is 0.0580. The average molecular weight is 206 g/mol. The van der Waals surface area contributed by atoms with Crippen molar-refractivity contribution in [2.75, 3.05) is 6.79 Å². The molecule has 1 aromatic rings. The Labute approximate surface area is 84.8 Å². The van der Waals surface area contributed by atoms with Crippen LogP contribution in [-0.2, 0) is 6.42 Å². The van der Waals surface area contributed by atoms with E-state index >= 15 is 0 Å². The monoisotopic (exact) mass is 206 g/mol. The first-order valence-corrected chi connectivity index (χ1v) is 4.16. The Morgan fingerprint density at radius 1 is 1.47 bits per heavy atom. The summed E-state index contributed by atoms with van der Waals surface area (Å²) < 4.78 is 10.1. The van der Waals surface area contributed by atoms with E-state index in [-0.39, 0.29) is 18.9 Å². The van der Waals surface area contributed by atoms with Gasteiger partial charge < -0.3 is 9.47 Å². The van der Waals surface area contributed by atoms with Gasteiger partial charge in [0.25, 0.3) is 5.69 Å². The number of fused-ring (bicyclic) bond motifs is 1. The number of ether oxygens (including phenoxy) is 2. The highest BCUT2D eigenvalue weighted by molar-refractivity contribution is 5.55. The Kier molecular flexibility index (Phi) is 2.14. The van der Waals surface area contributed by atoms with E-state index in [0.717, 1.165) is 0 Å². The van der Waals surface area contributed by atoms with Crippen LogP contribution in [0.4, 0.5) is 5.69 Å². The first-order valence-electron chi connectivity index (χ1n) is 4.16. The van der Waals surface area contributed by atoms with Gasteiger partial charge in [0, 0.05) is 5.56 Å². The lowest BCUT2D eigenvalue weighted by atomic mass is 10.1. The fourth-order valence-electron chi connectivity index (χ4n) is 1.37. The van der Waals surface area contributed by atoms with E-state index in [9.17, 15) is 10.1 Å². The van der Waals surface area contributed by atoms with Gasteiger partial charge in [-0.05, 0) is 6.07 Å². The van der Waals surface area contributed by atoms with Gasteiger partial charge in [-0.25, -0.2) is 0 Å². The summed E-state index contributed by atoms with van der Waals surface area (Å²) in [5.41, 5.74) is 0.229. The molecule has 0 aliphatic carbocycles. The molecule has 0 unspecified atom stereocenters. The Hall–Kier alpha value is -2.29. The lowest BCUT2D eigenvalue weighted by Crippen LogP contribution is -1.94. The third-order valence-electron chi connectivity index (χ3n) is 2.04. The maximum atomic E-state index is 10.7. The van der Waals surface area contributed by atoms with Crippen molar-refractivity contribution in [2.24, 2.45) is 0 Å². The van der Waals surface area contributed by atoms with Crippen LogP contribution in [-0.4, -0.2) is 11.7 Å². The van der Waals surface area contributed by atoms with Crippen molar-refractivity contribution in [3.63, 3.8) is 0 Å². The molecule has 76 valence electrons. The van der Waals surface area contributed by atoms with Crippen LogP contribution in [0.5, 0.6) is 11.5 Å². The summed E-state index contributed by atoms with van der Waals surface area (Å²) in [6.07, 6.45) is -0.0209. The zero-order chi connectivity index (χ0) is 10.8. The highest BCUT2D eigenvalue weighted by atomic mass is 16.7. The van der Waals surface area contributed by atoms with Crippen LogP contribution in [0.25, 0.3) is 0 Å². The van der Waals surface area contributed by atoms with Crippen molar-refractivity contribution < 1.29 is 14.4 Å². The molecule has 1 aromatic carbocycles. The van der Waals surface area contributed by atoms with E-state index in [2.05, 4.69) is 0 Å². The normalized spacial score (nSPS) is 12.2. The van der Waals surface area contributed by atoms with Crippen molar-refractivity contribution in [3.05, 3.63) is 27.8 Å². The fourth-order valence-corrected chi connectivity index (χ4v) is 1.37. The second-order valence-electron chi connectivity index (χ2n) is 2.93. The third-order valence-corrected chi connectivity index (χ3v) is 2.04. The van der Waals surface area contributed by atoms with Crippen molar-refractivity contribution in [2.45, 2.75) is 6.42 Å². The molecule has 1 aliphatic heterocycles. The van der Waals surface area contributed by atoms with Crippen molar-refractivity contribution in [3.8, 4) is 17.6 Å². The smallest absolute Gasteiger partial charge is 0.277 e. The molecule has 2 rings (SSSR count). The van der Waals surface area contributed by atoms with Gasteiger partial charge >= 0.3 is 0 Å². The number of nitro benzene ring substituents is 1. The molecule has 0 aromatic heterocycles. The minimum absolute atomic E-state index is 0.0209.